The number of likely N-dealkylation sites (tertiary alicyclic amines) is 1. The Labute approximate surface area is 92.1 Å². The molecule has 0 aromatic rings. The zero-order chi connectivity index (χ0) is 10.8. The summed E-state index contributed by atoms with van der Waals surface area (Å²) in [5.41, 5.74) is 5.96. The van der Waals surface area contributed by atoms with Gasteiger partial charge >= 0.3 is 0 Å². The van der Waals surface area contributed by atoms with Gasteiger partial charge in [0.25, 0.3) is 0 Å². The van der Waals surface area contributed by atoms with Crippen molar-refractivity contribution in [1.29, 1.82) is 0 Å². The largest absolute Gasteiger partial charge is 0.370 e. The van der Waals surface area contributed by atoms with Gasteiger partial charge in [-0.1, -0.05) is 0 Å². The van der Waals surface area contributed by atoms with Crippen LogP contribution in [0.2, 0.25) is 0 Å². The van der Waals surface area contributed by atoms with Crippen LogP contribution in [-0.2, 0) is 0 Å². The molecule has 2 heterocycles. The molecule has 0 spiro atoms. The number of aliphatic imine (C=N–C) groups is 1. The second-order valence-corrected chi connectivity index (χ2v) is 4.62. The van der Waals surface area contributed by atoms with Crippen LogP contribution < -0.4 is 5.73 Å². The van der Waals surface area contributed by atoms with Crippen molar-refractivity contribution in [1.82, 2.24) is 9.80 Å². The van der Waals surface area contributed by atoms with Crippen LogP contribution in [0.15, 0.2) is 4.99 Å². The van der Waals surface area contributed by atoms with Gasteiger partial charge in [0.05, 0.1) is 0 Å². The molecule has 0 aromatic carbocycles. The lowest BCUT2D eigenvalue weighted by Gasteiger charge is -2.26. The van der Waals surface area contributed by atoms with Crippen LogP contribution >= 0.6 is 0 Å². The van der Waals surface area contributed by atoms with Gasteiger partial charge in [0.1, 0.15) is 0 Å². The molecule has 2 bridgehead atoms. The standard InChI is InChI=1S/C11H22N4/c1-3-13-11(12)15-7-6-9-4-5-10(8-15)14(9)2/h9-10H,3-8H2,1-2H3,(H2,12,13). The summed E-state index contributed by atoms with van der Waals surface area (Å²) in [6.45, 7) is 4.94. The third-order valence-electron chi connectivity index (χ3n) is 3.79. The molecule has 15 heavy (non-hydrogen) atoms. The van der Waals surface area contributed by atoms with E-state index >= 15 is 0 Å². The van der Waals surface area contributed by atoms with Gasteiger partial charge in [-0.25, -0.2) is 0 Å². The third kappa shape index (κ3) is 2.09. The summed E-state index contributed by atoms with van der Waals surface area (Å²) >= 11 is 0. The van der Waals surface area contributed by atoms with E-state index in [2.05, 4.69) is 21.8 Å². The smallest absolute Gasteiger partial charge is 0.191 e. The minimum Gasteiger partial charge on any atom is -0.370 e. The summed E-state index contributed by atoms with van der Waals surface area (Å²) in [7, 11) is 2.25. The molecule has 0 aromatic heterocycles. The minimum absolute atomic E-state index is 0.683. The molecule has 4 heteroatoms. The molecule has 2 atom stereocenters. The van der Waals surface area contributed by atoms with Gasteiger partial charge in [-0.15, -0.1) is 0 Å². The van der Waals surface area contributed by atoms with Crippen molar-refractivity contribution in [2.45, 2.75) is 38.3 Å². The molecular weight excluding hydrogens is 188 g/mol. The zero-order valence-corrected chi connectivity index (χ0v) is 9.82. The molecule has 2 N–H and O–H groups in total. The molecule has 2 saturated heterocycles. The maximum absolute atomic E-state index is 5.96. The fourth-order valence-corrected chi connectivity index (χ4v) is 2.78. The number of guanidine groups is 1. The fraction of sp³-hybridized carbons (Fsp3) is 0.909. The van der Waals surface area contributed by atoms with Crippen LogP contribution in [0.25, 0.3) is 0 Å². The molecule has 2 unspecified atom stereocenters. The number of hydrogen-bond acceptors (Lipinski definition) is 2. The van der Waals surface area contributed by atoms with E-state index in [9.17, 15) is 0 Å². The lowest BCUT2D eigenvalue weighted by molar-refractivity contribution is 0.245. The van der Waals surface area contributed by atoms with Crippen molar-refractivity contribution >= 4 is 5.96 Å². The second-order valence-electron chi connectivity index (χ2n) is 4.62. The first-order valence-electron chi connectivity index (χ1n) is 5.99. The number of nitrogens with zero attached hydrogens (tertiary/aromatic N) is 3. The topological polar surface area (TPSA) is 44.9 Å². The zero-order valence-electron chi connectivity index (χ0n) is 9.82. The number of fused-ring (bicyclic) bond motifs is 2. The Morgan fingerprint density at radius 2 is 2.07 bits per heavy atom. The Hall–Kier alpha value is -0.770. The first-order valence-corrected chi connectivity index (χ1v) is 5.99. The lowest BCUT2D eigenvalue weighted by atomic mass is 10.1. The van der Waals surface area contributed by atoms with E-state index in [1.165, 1.54) is 19.3 Å². The Morgan fingerprint density at radius 1 is 1.33 bits per heavy atom. The SMILES string of the molecule is CCN=C(N)N1CCC2CCC(C1)N2C. The van der Waals surface area contributed by atoms with E-state index < -0.39 is 0 Å². The maximum atomic E-state index is 5.96. The van der Waals surface area contributed by atoms with Gasteiger partial charge in [-0.3, -0.25) is 9.89 Å². The molecule has 2 aliphatic heterocycles. The summed E-state index contributed by atoms with van der Waals surface area (Å²) in [6.07, 6.45) is 3.91. The fourth-order valence-electron chi connectivity index (χ4n) is 2.78. The van der Waals surface area contributed by atoms with E-state index in [0.29, 0.717) is 6.04 Å². The van der Waals surface area contributed by atoms with Crippen LogP contribution in [-0.4, -0.2) is 54.5 Å². The Balaban J connectivity index is 2.03. The average Bonchev–Trinajstić information content (AvgIpc) is 2.41. The molecule has 0 aliphatic carbocycles. The van der Waals surface area contributed by atoms with Gasteiger partial charge in [0.2, 0.25) is 0 Å². The third-order valence-corrected chi connectivity index (χ3v) is 3.79. The maximum Gasteiger partial charge on any atom is 0.191 e. The molecule has 0 saturated carbocycles. The predicted molar refractivity (Wildman–Crippen MR) is 62.9 cm³/mol. The van der Waals surface area contributed by atoms with Crippen molar-refractivity contribution in [3.63, 3.8) is 0 Å². The highest BCUT2D eigenvalue weighted by Gasteiger charge is 2.34. The molecule has 2 aliphatic rings. The van der Waals surface area contributed by atoms with Crippen molar-refractivity contribution < 1.29 is 0 Å². The average molecular weight is 210 g/mol. The molecule has 86 valence electrons. The monoisotopic (exact) mass is 210 g/mol. The summed E-state index contributed by atoms with van der Waals surface area (Å²) < 4.78 is 0. The molecule has 0 radical (unpaired) electrons. The van der Waals surface area contributed by atoms with Crippen molar-refractivity contribution in [3.8, 4) is 0 Å². The Bertz CT molecular complexity index is 251. The van der Waals surface area contributed by atoms with E-state index in [0.717, 1.165) is 31.6 Å². The van der Waals surface area contributed by atoms with Gasteiger partial charge in [-0.2, -0.15) is 0 Å². The first kappa shape index (κ1) is 10.7. The van der Waals surface area contributed by atoms with Gasteiger partial charge in [0, 0.05) is 31.7 Å². The Kier molecular flexibility index (Phi) is 3.14. The van der Waals surface area contributed by atoms with Gasteiger partial charge < -0.3 is 10.6 Å². The molecular formula is C11H22N4. The van der Waals surface area contributed by atoms with Crippen LogP contribution in [0.5, 0.6) is 0 Å². The number of hydrogen-bond donors (Lipinski definition) is 1. The summed E-state index contributed by atoms with van der Waals surface area (Å²) in [5.74, 6) is 0.735. The molecule has 4 nitrogen and oxygen atoms in total. The molecule has 2 rings (SSSR count). The first-order chi connectivity index (χ1) is 7.22. The number of nitrogens with two attached hydrogens (primary N) is 1. The normalized spacial score (nSPS) is 33.2. The van der Waals surface area contributed by atoms with Crippen LogP contribution in [0, 0.1) is 0 Å². The van der Waals surface area contributed by atoms with Crippen LogP contribution in [0.4, 0.5) is 0 Å². The quantitative estimate of drug-likeness (QED) is 0.506. The predicted octanol–water partition coefficient (Wildman–Crippen LogP) is 0.490. The Morgan fingerprint density at radius 3 is 2.80 bits per heavy atom. The van der Waals surface area contributed by atoms with E-state index in [1.807, 2.05) is 6.92 Å². The van der Waals surface area contributed by atoms with Gasteiger partial charge in [0.15, 0.2) is 5.96 Å². The highest BCUT2D eigenvalue weighted by molar-refractivity contribution is 5.78. The lowest BCUT2D eigenvalue weighted by Crippen LogP contribution is -2.43. The number of rotatable bonds is 1. The summed E-state index contributed by atoms with van der Waals surface area (Å²) in [5, 5.41) is 0. The summed E-state index contributed by atoms with van der Waals surface area (Å²) in [6, 6.07) is 1.46. The van der Waals surface area contributed by atoms with E-state index in [4.69, 9.17) is 5.73 Å². The molecule has 2 fully saturated rings. The van der Waals surface area contributed by atoms with E-state index in [1.54, 1.807) is 0 Å². The van der Waals surface area contributed by atoms with Crippen molar-refractivity contribution in [3.05, 3.63) is 0 Å². The van der Waals surface area contributed by atoms with Crippen LogP contribution in [0.1, 0.15) is 26.2 Å². The van der Waals surface area contributed by atoms with Gasteiger partial charge in [-0.05, 0) is 33.2 Å². The van der Waals surface area contributed by atoms with Crippen molar-refractivity contribution in [2.75, 3.05) is 26.7 Å². The minimum atomic E-state index is 0.683. The summed E-state index contributed by atoms with van der Waals surface area (Å²) in [4.78, 5) is 9.08. The van der Waals surface area contributed by atoms with E-state index in [-0.39, 0.29) is 0 Å². The number of likely N-dealkylation sites (N-methyl/N-ethyl adjacent to an activating group) is 1. The van der Waals surface area contributed by atoms with Crippen molar-refractivity contribution in [2.24, 2.45) is 10.7 Å². The van der Waals surface area contributed by atoms with Crippen LogP contribution in [0.3, 0.4) is 0 Å². The second kappa shape index (κ2) is 4.39. The molecule has 0 amide bonds. The highest BCUT2D eigenvalue weighted by atomic mass is 15.3. The highest BCUT2D eigenvalue weighted by Crippen LogP contribution is 2.28.